The molecular weight excluding hydrogens is 378 g/mol. The average molecular weight is 420 g/mol. The van der Waals surface area contributed by atoms with E-state index in [2.05, 4.69) is 81.4 Å². The van der Waals surface area contributed by atoms with E-state index in [1.54, 1.807) is 0 Å². The van der Waals surface area contributed by atoms with Gasteiger partial charge in [-0.05, 0) is 23.7 Å². The molecule has 0 radical (unpaired) electrons. The van der Waals surface area contributed by atoms with Crippen molar-refractivity contribution < 1.29 is 19.5 Å². The first kappa shape index (κ1) is 26.6. The summed E-state index contributed by atoms with van der Waals surface area (Å²) in [4.78, 5) is 0. The topological polar surface area (TPSA) is 0 Å². The van der Waals surface area contributed by atoms with Gasteiger partial charge in [-0.2, -0.15) is 22.3 Å². The monoisotopic (exact) mass is 418 g/mol. The summed E-state index contributed by atoms with van der Waals surface area (Å²) >= 11 is 0. The Balaban J connectivity index is 0.000000483. The molecule has 0 bridgehead atoms. The number of allylic oxidation sites excluding steroid dienone is 8. The Bertz CT molecular complexity index is 565. The summed E-state index contributed by atoms with van der Waals surface area (Å²) < 4.78 is 0. The molecule has 2 aliphatic carbocycles. The maximum Gasteiger partial charge on any atom is 2.00 e. The van der Waals surface area contributed by atoms with Gasteiger partial charge in [-0.25, -0.2) is 11.1 Å². The molecule has 0 saturated carbocycles. The normalized spacial score (nSPS) is 17.4. The van der Waals surface area contributed by atoms with Gasteiger partial charge in [0.05, 0.1) is 0 Å². The molecule has 0 aliphatic heterocycles. The van der Waals surface area contributed by atoms with Crippen LogP contribution in [0, 0.1) is 23.0 Å². The molecule has 0 unspecified atom stereocenters. The van der Waals surface area contributed by atoms with Crippen molar-refractivity contribution in [3.05, 3.63) is 45.6 Å². The van der Waals surface area contributed by atoms with Crippen LogP contribution in [0.25, 0.3) is 0 Å². The minimum Gasteiger partial charge on any atom is -0.268 e. The molecule has 0 N–H and O–H groups in total. The van der Waals surface area contributed by atoms with E-state index in [0.29, 0.717) is 10.8 Å². The van der Waals surface area contributed by atoms with Crippen LogP contribution in [-0.4, -0.2) is 0 Å². The van der Waals surface area contributed by atoms with Gasteiger partial charge < -0.3 is 0 Å². The second-order valence-corrected chi connectivity index (χ2v) is 9.54. The summed E-state index contributed by atoms with van der Waals surface area (Å²) in [5.41, 5.74) is 9.56. The van der Waals surface area contributed by atoms with E-state index in [4.69, 9.17) is 0 Å². The molecule has 0 aromatic carbocycles. The van der Waals surface area contributed by atoms with Crippen molar-refractivity contribution in [1.82, 2.24) is 0 Å². The molecule has 0 amide bonds. The van der Waals surface area contributed by atoms with Gasteiger partial charge in [0, 0.05) is 0 Å². The van der Waals surface area contributed by atoms with E-state index in [9.17, 15) is 0 Å². The van der Waals surface area contributed by atoms with Gasteiger partial charge in [-0.3, -0.25) is 12.2 Å². The minimum absolute atomic E-state index is 0. The predicted molar refractivity (Wildman–Crippen MR) is 117 cm³/mol. The van der Waals surface area contributed by atoms with Crippen molar-refractivity contribution in [2.24, 2.45) is 10.8 Å². The number of hydrogen-bond donors (Lipinski definition) is 0. The third-order valence-electron chi connectivity index (χ3n) is 6.19. The molecule has 0 nitrogen and oxygen atoms in total. The maximum atomic E-state index is 3.52. The zero-order valence-corrected chi connectivity index (χ0v) is 22.9. The molecular formula is C26H42Zn. The molecule has 0 fully saturated rings. The molecule has 0 saturated heterocycles. The van der Waals surface area contributed by atoms with Crippen LogP contribution in [0.4, 0.5) is 0 Å². The number of rotatable bonds is 6. The molecule has 27 heavy (non-hydrogen) atoms. The standard InChI is InChI=1S/2C13H21.Zn/c2*1-6-9-13(4,5)12-8-7-10(2)11(12)3;/h2*6-7,9H2,1-5H3;/q2*-1;+2. The molecule has 0 spiro atoms. The second-order valence-electron chi connectivity index (χ2n) is 9.54. The van der Waals surface area contributed by atoms with Crippen molar-refractivity contribution in [3.63, 3.8) is 0 Å². The van der Waals surface area contributed by atoms with Gasteiger partial charge in [0.1, 0.15) is 0 Å². The summed E-state index contributed by atoms with van der Waals surface area (Å²) in [6, 6.07) is 0. The van der Waals surface area contributed by atoms with Crippen molar-refractivity contribution in [1.29, 1.82) is 0 Å². The predicted octanol–water partition coefficient (Wildman–Crippen LogP) is 8.56. The zero-order valence-electron chi connectivity index (χ0n) is 19.9. The Kier molecular flexibility index (Phi) is 10.8. The Labute approximate surface area is 183 Å². The van der Waals surface area contributed by atoms with Gasteiger partial charge in [-0.15, -0.1) is 26.7 Å². The first-order chi connectivity index (χ1) is 12.0. The summed E-state index contributed by atoms with van der Waals surface area (Å²) in [5, 5.41) is 0. The summed E-state index contributed by atoms with van der Waals surface area (Å²) in [5.74, 6) is 0. The van der Waals surface area contributed by atoms with Gasteiger partial charge in [0.25, 0.3) is 0 Å². The van der Waals surface area contributed by atoms with E-state index in [1.807, 2.05) is 0 Å². The molecule has 0 aromatic rings. The van der Waals surface area contributed by atoms with Crippen LogP contribution >= 0.6 is 0 Å². The Hall–Kier alpha value is -0.417. The largest absolute Gasteiger partial charge is 2.00 e. The van der Waals surface area contributed by atoms with E-state index < -0.39 is 0 Å². The SMILES string of the molecule is CCCC(C)(C)C1=[C-]CC(C)=C1C.CCCC(C)(C)C1=[C-]CC(C)=C1C.[Zn+2]. The summed E-state index contributed by atoms with van der Waals surface area (Å²) in [6.07, 6.45) is 14.2. The molecule has 2 aliphatic rings. The van der Waals surface area contributed by atoms with Crippen molar-refractivity contribution >= 4 is 0 Å². The second kappa shape index (κ2) is 10.9. The average Bonchev–Trinajstić information content (AvgIpc) is 3.04. The Morgan fingerprint density at radius 2 is 0.963 bits per heavy atom. The Morgan fingerprint density at radius 3 is 1.15 bits per heavy atom. The van der Waals surface area contributed by atoms with E-state index >= 15 is 0 Å². The third kappa shape index (κ3) is 6.85. The summed E-state index contributed by atoms with van der Waals surface area (Å²) in [7, 11) is 0. The molecule has 0 atom stereocenters. The zero-order chi connectivity index (χ0) is 20.1. The van der Waals surface area contributed by atoms with Crippen LogP contribution in [0.3, 0.4) is 0 Å². The van der Waals surface area contributed by atoms with Gasteiger partial charge in [0.2, 0.25) is 0 Å². The van der Waals surface area contributed by atoms with Gasteiger partial charge in [0.15, 0.2) is 0 Å². The molecule has 0 aromatic heterocycles. The quantitative estimate of drug-likeness (QED) is 0.298. The third-order valence-corrected chi connectivity index (χ3v) is 6.19. The smallest absolute Gasteiger partial charge is 0.268 e. The summed E-state index contributed by atoms with van der Waals surface area (Å²) in [6.45, 7) is 22.8. The fourth-order valence-electron chi connectivity index (χ4n) is 4.39. The van der Waals surface area contributed by atoms with Crippen LogP contribution in [0.1, 0.15) is 108 Å². The van der Waals surface area contributed by atoms with E-state index in [1.165, 1.54) is 59.1 Å². The number of hydrogen-bond acceptors (Lipinski definition) is 0. The minimum atomic E-state index is 0. The fourth-order valence-corrected chi connectivity index (χ4v) is 4.39. The van der Waals surface area contributed by atoms with Crippen LogP contribution < -0.4 is 0 Å². The van der Waals surface area contributed by atoms with Crippen molar-refractivity contribution in [2.45, 2.75) is 108 Å². The first-order valence-corrected chi connectivity index (χ1v) is 10.5. The molecule has 0 heterocycles. The van der Waals surface area contributed by atoms with E-state index in [-0.39, 0.29) is 19.5 Å². The van der Waals surface area contributed by atoms with Crippen LogP contribution in [0.5, 0.6) is 0 Å². The van der Waals surface area contributed by atoms with Gasteiger partial charge in [-0.1, -0.05) is 68.2 Å². The van der Waals surface area contributed by atoms with Gasteiger partial charge >= 0.3 is 19.5 Å². The van der Waals surface area contributed by atoms with Crippen molar-refractivity contribution in [3.8, 4) is 0 Å². The van der Waals surface area contributed by atoms with E-state index in [0.717, 1.165) is 12.8 Å². The molecule has 2 rings (SSSR count). The molecule has 148 valence electrons. The Morgan fingerprint density at radius 1 is 0.667 bits per heavy atom. The van der Waals surface area contributed by atoms with Crippen LogP contribution in [0.15, 0.2) is 33.4 Å². The fraction of sp³-hybridized carbons (Fsp3) is 0.692. The van der Waals surface area contributed by atoms with Crippen molar-refractivity contribution in [2.75, 3.05) is 0 Å². The van der Waals surface area contributed by atoms with Crippen LogP contribution in [0.2, 0.25) is 0 Å². The maximum absolute atomic E-state index is 3.52. The first-order valence-electron chi connectivity index (χ1n) is 10.5. The molecule has 1 heteroatoms. The van der Waals surface area contributed by atoms with Crippen LogP contribution in [-0.2, 0) is 19.5 Å².